The molecule has 1 unspecified atom stereocenters. The van der Waals surface area contributed by atoms with Gasteiger partial charge in [-0.1, -0.05) is 48.9 Å². The van der Waals surface area contributed by atoms with Crippen molar-refractivity contribution in [3.63, 3.8) is 0 Å². The van der Waals surface area contributed by atoms with Crippen molar-refractivity contribution in [1.29, 1.82) is 0 Å². The minimum Gasteiger partial charge on any atom is -0.494 e. The van der Waals surface area contributed by atoms with Crippen molar-refractivity contribution in [3.05, 3.63) is 65.2 Å². The molecule has 3 heteroatoms. The van der Waals surface area contributed by atoms with E-state index in [-0.39, 0.29) is 6.04 Å². The smallest absolute Gasteiger partial charge is 0.119 e. The maximum absolute atomic E-state index is 5.72. The minimum absolute atomic E-state index is 0.00451. The Morgan fingerprint density at radius 1 is 1.10 bits per heavy atom. The SMILES string of the molecule is CCCOc1ccc(C(NN)c2cccc(C)c2)cc1. The van der Waals surface area contributed by atoms with E-state index >= 15 is 0 Å². The summed E-state index contributed by atoms with van der Waals surface area (Å²) in [6, 6.07) is 16.4. The van der Waals surface area contributed by atoms with Crippen LogP contribution < -0.4 is 16.0 Å². The fourth-order valence-electron chi connectivity index (χ4n) is 2.21. The number of rotatable bonds is 6. The van der Waals surface area contributed by atoms with Gasteiger partial charge in [0.2, 0.25) is 0 Å². The fraction of sp³-hybridized carbons (Fsp3) is 0.294. The molecule has 0 heterocycles. The van der Waals surface area contributed by atoms with Crippen molar-refractivity contribution in [3.8, 4) is 5.75 Å². The topological polar surface area (TPSA) is 47.3 Å². The zero-order chi connectivity index (χ0) is 14.4. The lowest BCUT2D eigenvalue weighted by atomic mass is 9.98. The number of hydrogen-bond acceptors (Lipinski definition) is 3. The number of hydrazine groups is 1. The van der Waals surface area contributed by atoms with Gasteiger partial charge in [0, 0.05) is 0 Å². The molecule has 0 saturated carbocycles. The van der Waals surface area contributed by atoms with Crippen LogP contribution in [0.2, 0.25) is 0 Å². The summed E-state index contributed by atoms with van der Waals surface area (Å²) in [4.78, 5) is 0. The average molecular weight is 270 g/mol. The zero-order valence-electron chi connectivity index (χ0n) is 12.1. The molecule has 2 aromatic carbocycles. The van der Waals surface area contributed by atoms with Gasteiger partial charge in [-0.05, 0) is 36.6 Å². The lowest BCUT2D eigenvalue weighted by molar-refractivity contribution is 0.317. The number of nitrogens with one attached hydrogen (secondary N) is 1. The van der Waals surface area contributed by atoms with E-state index < -0.39 is 0 Å². The molecule has 0 aliphatic heterocycles. The second kappa shape index (κ2) is 7.08. The van der Waals surface area contributed by atoms with Crippen molar-refractivity contribution in [1.82, 2.24) is 5.43 Å². The summed E-state index contributed by atoms with van der Waals surface area (Å²) in [6.07, 6.45) is 1.01. The molecule has 0 aliphatic rings. The van der Waals surface area contributed by atoms with Crippen molar-refractivity contribution >= 4 is 0 Å². The summed E-state index contributed by atoms with van der Waals surface area (Å²) >= 11 is 0. The molecular weight excluding hydrogens is 248 g/mol. The molecule has 20 heavy (non-hydrogen) atoms. The van der Waals surface area contributed by atoms with Crippen LogP contribution in [0.4, 0.5) is 0 Å². The maximum Gasteiger partial charge on any atom is 0.119 e. The Morgan fingerprint density at radius 2 is 1.85 bits per heavy atom. The van der Waals surface area contributed by atoms with Crippen LogP contribution in [0.15, 0.2) is 48.5 Å². The minimum atomic E-state index is -0.00451. The molecule has 3 nitrogen and oxygen atoms in total. The Bertz CT molecular complexity index is 537. The third-order valence-electron chi connectivity index (χ3n) is 3.23. The van der Waals surface area contributed by atoms with Gasteiger partial charge in [-0.15, -0.1) is 0 Å². The van der Waals surface area contributed by atoms with Crippen molar-refractivity contribution in [2.24, 2.45) is 5.84 Å². The number of nitrogens with two attached hydrogens (primary N) is 1. The third kappa shape index (κ3) is 3.59. The summed E-state index contributed by atoms with van der Waals surface area (Å²) in [7, 11) is 0. The van der Waals surface area contributed by atoms with Crippen LogP contribution in [0, 0.1) is 6.92 Å². The van der Waals surface area contributed by atoms with E-state index in [1.165, 1.54) is 5.56 Å². The van der Waals surface area contributed by atoms with Crippen LogP contribution in [0.25, 0.3) is 0 Å². The van der Waals surface area contributed by atoms with E-state index in [0.717, 1.165) is 29.9 Å². The van der Waals surface area contributed by atoms with Crippen LogP contribution in [0.3, 0.4) is 0 Å². The average Bonchev–Trinajstić information content (AvgIpc) is 2.47. The molecule has 0 bridgehead atoms. The van der Waals surface area contributed by atoms with Gasteiger partial charge in [0.25, 0.3) is 0 Å². The molecule has 0 saturated heterocycles. The van der Waals surface area contributed by atoms with Crippen LogP contribution >= 0.6 is 0 Å². The maximum atomic E-state index is 5.72. The second-order valence-electron chi connectivity index (χ2n) is 4.93. The monoisotopic (exact) mass is 270 g/mol. The Balaban J connectivity index is 2.19. The number of aryl methyl sites for hydroxylation is 1. The van der Waals surface area contributed by atoms with Crippen LogP contribution in [0.1, 0.15) is 36.1 Å². The lowest BCUT2D eigenvalue weighted by Crippen LogP contribution is -2.28. The van der Waals surface area contributed by atoms with Gasteiger partial charge in [-0.2, -0.15) is 0 Å². The van der Waals surface area contributed by atoms with E-state index in [9.17, 15) is 0 Å². The first kappa shape index (κ1) is 14.6. The summed E-state index contributed by atoms with van der Waals surface area (Å²) < 4.78 is 5.60. The molecule has 1 atom stereocenters. The van der Waals surface area contributed by atoms with Crippen LogP contribution in [0.5, 0.6) is 5.75 Å². The molecule has 2 rings (SSSR count). The van der Waals surface area contributed by atoms with Crippen molar-refractivity contribution in [2.45, 2.75) is 26.3 Å². The van der Waals surface area contributed by atoms with E-state index in [1.54, 1.807) is 0 Å². The highest BCUT2D eigenvalue weighted by Crippen LogP contribution is 2.24. The Kier molecular flexibility index (Phi) is 5.16. The molecule has 0 aromatic heterocycles. The van der Waals surface area contributed by atoms with Crippen molar-refractivity contribution < 1.29 is 4.74 Å². The zero-order valence-corrected chi connectivity index (χ0v) is 12.1. The third-order valence-corrected chi connectivity index (χ3v) is 3.23. The lowest BCUT2D eigenvalue weighted by Gasteiger charge is -2.18. The molecule has 106 valence electrons. The predicted octanol–water partition coefficient (Wildman–Crippen LogP) is 3.34. The van der Waals surface area contributed by atoms with Gasteiger partial charge in [-0.3, -0.25) is 5.84 Å². The summed E-state index contributed by atoms with van der Waals surface area (Å²) in [5.41, 5.74) is 6.40. The fourth-order valence-corrected chi connectivity index (χ4v) is 2.21. The summed E-state index contributed by atoms with van der Waals surface area (Å²) in [5, 5.41) is 0. The first-order valence-corrected chi connectivity index (χ1v) is 7.00. The van der Waals surface area contributed by atoms with Gasteiger partial charge in [0.15, 0.2) is 0 Å². The Hall–Kier alpha value is -1.84. The molecule has 0 amide bonds. The van der Waals surface area contributed by atoms with E-state index in [2.05, 4.69) is 49.6 Å². The van der Waals surface area contributed by atoms with E-state index in [0.29, 0.717) is 0 Å². The predicted molar refractivity (Wildman–Crippen MR) is 82.6 cm³/mol. The molecule has 0 aliphatic carbocycles. The van der Waals surface area contributed by atoms with Gasteiger partial charge >= 0.3 is 0 Å². The number of benzene rings is 2. The van der Waals surface area contributed by atoms with Gasteiger partial charge < -0.3 is 4.74 Å². The molecule has 0 radical (unpaired) electrons. The molecule has 2 aromatic rings. The second-order valence-corrected chi connectivity index (χ2v) is 4.93. The highest BCUT2D eigenvalue weighted by molar-refractivity contribution is 5.36. The van der Waals surface area contributed by atoms with Crippen LogP contribution in [-0.4, -0.2) is 6.61 Å². The molecule has 3 N–H and O–H groups in total. The molecule has 0 fully saturated rings. The van der Waals surface area contributed by atoms with E-state index in [1.807, 2.05) is 18.2 Å². The van der Waals surface area contributed by atoms with Crippen LogP contribution in [-0.2, 0) is 0 Å². The van der Waals surface area contributed by atoms with Gasteiger partial charge in [-0.25, -0.2) is 5.43 Å². The highest BCUT2D eigenvalue weighted by atomic mass is 16.5. The Morgan fingerprint density at radius 3 is 2.45 bits per heavy atom. The quantitative estimate of drug-likeness (QED) is 0.625. The normalized spacial score (nSPS) is 12.2. The van der Waals surface area contributed by atoms with Gasteiger partial charge in [0.1, 0.15) is 5.75 Å². The van der Waals surface area contributed by atoms with Gasteiger partial charge in [0.05, 0.1) is 12.6 Å². The largest absolute Gasteiger partial charge is 0.494 e. The first-order chi connectivity index (χ1) is 9.74. The summed E-state index contributed by atoms with van der Waals surface area (Å²) in [5.74, 6) is 6.62. The number of ether oxygens (including phenoxy) is 1. The Labute approximate surface area is 120 Å². The van der Waals surface area contributed by atoms with E-state index in [4.69, 9.17) is 10.6 Å². The highest BCUT2D eigenvalue weighted by Gasteiger charge is 2.12. The van der Waals surface area contributed by atoms with Crippen molar-refractivity contribution in [2.75, 3.05) is 6.61 Å². The molecule has 0 spiro atoms. The number of hydrogen-bond donors (Lipinski definition) is 2. The standard InChI is InChI=1S/C17H22N2O/c1-3-11-20-16-9-7-14(8-10-16)17(19-18)15-6-4-5-13(2)12-15/h4-10,12,17,19H,3,11,18H2,1-2H3. The first-order valence-electron chi connectivity index (χ1n) is 7.00. The summed E-state index contributed by atoms with van der Waals surface area (Å²) in [6.45, 7) is 4.93. The molecular formula is C17H22N2O.